The molecule has 0 spiro atoms. The molecule has 6 nitrogen and oxygen atoms in total. The van der Waals surface area contributed by atoms with Crippen LogP contribution in [-0.2, 0) is 0 Å². The molecule has 2 fully saturated rings. The predicted molar refractivity (Wildman–Crippen MR) is 112 cm³/mol. The van der Waals surface area contributed by atoms with E-state index in [1.807, 2.05) is 18.2 Å². The molecule has 0 bridgehead atoms. The van der Waals surface area contributed by atoms with E-state index in [1.165, 1.54) is 12.1 Å². The van der Waals surface area contributed by atoms with E-state index < -0.39 is 0 Å². The number of benzene rings is 2. The Labute approximate surface area is 179 Å². The number of piperazine rings is 1. The second-order valence-corrected chi connectivity index (χ2v) is 7.58. The minimum absolute atomic E-state index is 0. The third-order valence-corrected chi connectivity index (χ3v) is 5.47. The lowest BCUT2D eigenvalue weighted by Gasteiger charge is -2.36. The fourth-order valence-electron chi connectivity index (χ4n) is 3.76. The minimum atomic E-state index is -0.300. The molecule has 8 heteroatoms. The second-order valence-electron chi connectivity index (χ2n) is 7.58. The van der Waals surface area contributed by atoms with Crippen molar-refractivity contribution in [2.24, 2.45) is 0 Å². The summed E-state index contributed by atoms with van der Waals surface area (Å²) in [5.41, 5.74) is 2.10. The highest BCUT2D eigenvalue weighted by Crippen LogP contribution is 2.39. The first kappa shape index (κ1) is 20.5. The van der Waals surface area contributed by atoms with Gasteiger partial charge in [0.15, 0.2) is 0 Å². The Balaban J connectivity index is 0.00000218. The van der Waals surface area contributed by atoms with Crippen molar-refractivity contribution in [1.82, 2.24) is 20.4 Å². The maximum absolute atomic E-state index is 13.7. The van der Waals surface area contributed by atoms with Crippen molar-refractivity contribution < 1.29 is 13.7 Å². The Morgan fingerprint density at radius 3 is 2.80 bits per heavy atom. The highest BCUT2D eigenvalue weighted by molar-refractivity contribution is 5.95. The molecule has 1 aliphatic heterocycles. The molecule has 1 unspecified atom stereocenters. The van der Waals surface area contributed by atoms with E-state index in [9.17, 15) is 9.18 Å². The van der Waals surface area contributed by atoms with Crippen molar-refractivity contribution in [3.8, 4) is 11.4 Å². The van der Waals surface area contributed by atoms with Gasteiger partial charge in [-0.15, -0.1) is 12.4 Å². The van der Waals surface area contributed by atoms with E-state index in [2.05, 4.69) is 15.5 Å². The Hall–Kier alpha value is -2.77. The monoisotopic (exact) mass is 428 g/mol. The van der Waals surface area contributed by atoms with Crippen LogP contribution in [0.25, 0.3) is 11.4 Å². The molecule has 1 aromatic heterocycles. The van der Waals surface area contributed by atoms with Crippen molar-refractivity contribution in [3.63, 3.8) is 0 Å². The highest BCUT2D eigenvalue weighted by Gasteiger charge is 2.31. The fraction of sp³-hybridized carbons (Fsp3) is 0.318. The van der Waals surface area contributed by atoms with Gasteiger partial charge in [0.05, 0.1) is 6.04 Å². The van der Waals surface area contributed by atoms with Gasteiger partial charge in [-0.05, 0) is 42.7 Å². The number of hydrogen-bond donors (Lipinski definition) is 1. The van der Waals surface area contributed by atoms with Gasteiger partial charge < -0.3 is 14.7 Å². The summed E-state index contributed by atoms with van der Waals surface area (Å²) in [5, 5.41) is 7.37. The van der Waals surface area contributed by atoms with Crippen molar-refractivity contribution in [2.45, 2.75) is 24.8 Å². The van der Waals surface area contributed by atoms with Crippen LogP contribution >= 0.6 is 12.4 Å². The van der Waals surface area contributed by atoms with E-state index in [0.29, 0.717) is 42.8 Å². The van der Waals surface area contributed by atoms with Crippen LogP contribution in [0.1, 0.15) is 46.6 Å². The van der Waals surface area contributed by atoms with Gasteiger partial charge in [-0.2, -0.15) is 4.98 Å². The summed E-state index contributed by atoms with van der Waals surface area (Å²) >= 11 is 0. The van der Waals surface area contributed by atoms with Crippen LogP contribution in [0.4, 0.5) is 4.39 Å². The number of amides is 1. The number of carbonyl (C=O) groups is 1. The second kappa shape index (κ2) is 8.53. The fourth-order valence-corrected chi connectivity index (χ4v) is 3.76. The maximum Gasteiger partial charge on any atom is 0.254 e. The topological polar surface area (TPSA) is 71.3 Å². The number of halogens is 2. The summed E-state index contributed by atoms with van der Waals surface area (Å²) in [7, 11) is 0. The first-order chi connectivity index (χ1) is 14.2. The Kier molecular flexibility index (Phi) is 5.83. The number of hydrogen-bond acceptors (Lipinski definition) is 5. The van der Waals surface area contributed by atoms with Crippen LogP contribution in [0.3, 0.4) is 0 Å². The minimum Gasteiger partial charge on any atom is -0.339 e. The number of carbonyl (C=O) groups excluding carboxylic acids is 1. The van der Waals surface area contributed by atoms with Crippen LogP contribution in [0.5, 0.6) is 0 Å². The standard InChI is InChI=1S/C22H21FN4O2.ClH/c23-18-6-2-3-15(12-18)19-13-24-9-10-27(19)22(28)17-5-1-4-16(11-17)20-25-21(29-26-20)14-7-8-14;/h1-6,11-12,14,19,24H,7-10,13H2;1H. The van der Waals surface area contributed by atoms with Crippen molar-refractivity contribution in [2.75, 3.05) is 19.6 Å². The Bertz CT molecular complexity index is 1050. The Morgan fingerprint density at radius 1 is 1.17 bits per heavy atom. The van der Waals surface area contributed by atoms with E-state index in [1.54, 1.807) is 23.1 Å². The lowest BCUT2D eigenvalue weighted by molar-refractivity contribution is 0.0634. The molecule has 1 N–H and O–H groups in total. The zero-order valence-corrected chi connectivity index (χ0v) is 17.1. The first-order valence-corrected chi connectivity index (χ1v) is 9.90. The molecule has 1 amide bonds. The zero-order valence-electron chi connectivity index (χ0n) is 16.3. The number of rotatable bonds is 4. The van der Waals surface area contributed by atoms with Crippen LogP contribution < -0.4 is 5.32 Å². The van der Waals surface area contributed by atoms with Crippen molar-refractivity contribution in [1.29, 1.82) is 0 Å². The zero-order chi connectivity index (χ0) is 19.8. The lowest BCUT2D eigenvalue weighted by atomic mass is 10.0. The summed E-state index contributed by atoms with van der Waals surface area (Å²) in [4.78, 5) is 19.6. The molecule has 156 valence electrons. The van der Waals surface area contributed by atoms with Crippen molar-refractivity contribution >= 4 is 18.3 Å². The lowest BCUT2D eigenvalue weighted by Crippen LogP contribution is -2.48. The summed E-state index contributed by atoms with van der Waals surface area (Å²) in [5.74, 6) is 1.17. The van der Waals surface area contributed by atoms with E-state index in [-0.39, 0.29) is 30.2 Å². The third kappa shape index (κ3) is 4.08. The van der Waals surface area contributed by atoms with E-state index in [0.717, 1.165) is 24.0 Å². The summed E-state index contributed by atoms with van der Waals surface area (Å²) in [6.07, 6.45) is 2.18. The normalized spacial score (nSPS) is 18.7. The summed E-state index contributed by atoms with van der Waals surface area (Å²) < 4.78 is 19.1. The molecule has 2 aromatic carbocycles. The quantitative estimate of drug-likeness (QED) is 0.681. The molecule has 0 radical (unpaired) electrons. The van der Waals surface area contributed by atoms with E-state index in [4.69, 9.17) is 4.52 Å². The Morgan fingerprint density at radius 2 is 2.00 bits per heavy atom. The molecule has 2 heterocycles. The molecule has 1 aliphatic carbocycles. The molecule has 30 heavy (non-hydrogen) atoms. The highest BCUT2D eigenvalue weighted by atomic mass is 35.5. The average Bonchev–Trinajstić information content (AvgIpc) is 3.50. The summed E-state index contributed by atoms with van der Waals surface area (Å²) in [6.45, 7) is 1.84. The predicted octanol–water partition coefficient (Wildman–Crippen LogP) is 3.96. The van der Waals surface area contributed by atoms with Gasteiger partial charge in [-0.1, -0.05) is 29.4 Å². The van der Waals surface area contributed by atoms with E-state index >= 15 is 0 Å². The van der Waals surface area contributed by atoms with Gasteiger partial charge in [-0.3, -0.25) is 4.79 Å². The molecular formula is C22H22ClFN4O2. The van der Waals surface area contributed by atoms with Gasteiger partial charge in [-0.25, -0.2) is 4.39 Å². The smallest absolute Gasteiger partial charge is 0.254 e. The molecule has 1 saturated carbocycles. The maximum atomic E-state index is 13.7. The van der Waals surface area contributed by atoms with Crippen LogP contribution in [0.15, 0.2) is 53.1 Å². The third-order valence-electron chi connectivity index (χ3n) is 5.47. The number of aromatic nitrogens is 2. The van der Waals surface area contributed by atoms with Gasteiger partial charge in [0.25, 0.3) is 5.91 Å². The molecule has 1 atom stereocenters. The first-order valence-electron chi connectivity index (χ1n) is 9.90. The molecule has 3 aromatic rings. The van der Waals surface area contributed by atoms with Gasteiger partial charge in [0.1, 0.15) is 5.82 Å². The molecular weight excluding hydrogens is 407 g/mol. The summed E-state index contributed by atoms with van der Waals surface area (Å²) in [6, 6.07) is 13.5. The average molecular weight is 429 g/mol. The van der Waals surface area contributed by atoms with Crippen molar-refractivity contribution in [3.05, 3.63) is 71.4 Å². The van der Waals surface area contributed by atoms with Gasteiger partial charge in [0, 0.05) is 36.7 Å². The largest absolute Gasteiger partial charge is 0.339 e. The van der Waals surface area contributed by atoms with Gasteiger partial charge >= 0.3 is 0 Å². The number of nitrogens with zero attached hydrogens (tertiary/aromatic N) is 3. The van der Waals surface area contributed by atoms with Crippen LogP contribution in [0, 0.1) is 5.82 Å². The SMILES string of the molecule is Cl.O=C(c1cccc(-c2noc(C3CC3)n2)c1)N1CCNCC1c1cccc(F)c1. The van der Waals surface area contributed by atoms with Gasteiger partial charge in [0.2, 0.25) is 11.7 Å². The number of nitrogens with one attached hydrogen (secondary N) is 1. The van der Waals surface area contributed by atoms with Crippen LogP contribution in [-0.4, -0.2) is 40.6 Å². The molecule has 2 aliphatic rings. The molecule has 1 saturated heterocycles. The van der Waals surface area contributed by atoms with Crippen LogP contribution in [0.2, 0.25) is 0 Å². The molecule has 5 rings (SSSR count).